The van der Waals surface area contributed by atoms with Gasteiger partial charge < -0.3 is 5.11 Å². The normalized spacial score (nSPS) is 13.7. The molecule has 1 rings (SSSR count). The number of hydrogen-bond donors (Lipinski definition) is 1. The lowest BCUT2D eigenvalue weighted by molar-refractivity contribution is 0.154. The van der Waals surface area contributed by atoms with Gasteiger partial charge in [0.15, 0.2) is 0 Å². The van der Waals surface area contributed by atoms with Crippen LogP contribution in [0.15, 0.2) is 16.8 Å². The van der Waals surface area contributed by atoms with Gasteiger partial charge in [-0.15, -0.1) is 0 Å². The van der Waals surface area contributed by atoms with E-state index in [1.54, 1.807) is 11.3 Å². The highest BCUT2D eigenvalue weighted by Gasteiger charge is 2.07. The molecular weight excluding hydrogens is 170 g/mol. The Bertz CT molecular complexity index is 210. The molecule has 2 nitrogen and oxygen atoms in total. The van der Waals surface area contributed by atoms with E-state index in [1.807, 2.05) is 14.0 Å². The first-order chi connectivity index (χ1) is 5.74. The number of hydrogen-bond acceptors (Lipinski definition) is 3. The minimum atomic E-state index is 0.223. The van der Waals surface area contributed by atoms with Gasteiger partial charge in [-0.05, 0) is 36.4 Å². The van der Waals surface area contributed by atoms with Crippen molar-refractivity contribution < 1.29 is 5.11 Å². The molecule has 68 valence electrons. The fraction of sp³-hybridized carbons (Fsp3) is 0.556. The molecule has 0 saturated heterocycles. The minimum absolute atomic E-state index is 0.223. The van der Waals surface area contributed by atoms with Gasteiger partial charge in [-0.1, -0.05) is 0 Å². The predicted octanol–water partition coefficient (Wildman–Crippen LogP) is 1.56. The molecule has 0 amide bonds. The fourth-order valence-corrected chi connectivity index (χ4v) is 1.63. The molecule has 1 unspecified atom stereocenters. The van der Waals surface area contributed by atoms with Crippen LogP contribution in [0.5, 0.6) is 0 Å². The van der Waals surface area contributed by atoms with Crippen LogP contribution in [0.25, 0.3) is 0 Å². The van der Waals surface area contributed by atoms with Gasteiger partial charge in [0.1, 0.15) is 0 Å². The second kappa shape index (κ2) is 4.60. The molecule has 0 aliphatic carbocycles. The summed E-state index contributed by atoms with van der Waals surface area (Å²) in [6, 6.07) is 2.36. The lowest BCUT2D eigenvalue weighted by Crippen LogP contribution is -2.31. The Kier molecular flexibility index (Phi) is 3.72. The molecule has 0 fully saturated rings. The number of thiophene rings is 1. The SMILES string of the molecule is CC(CO)N(C)Cc1ccsc1. The highest BCUT2D eigenvalue weighted by atomic mass is 32.1. The average Bonchev–Trinajstić information content (AvgIpc) is 2.55. The van der Waals surface area contributed by atoms with Crippen molar-refractivity contribution >= 4 is 11.3 Å². The summed E-state index contributed by atoms with van der Waals surface area (Å²) in [4.78, 5) is 2.14. The molecule has 0 aliphatic heterocycles. The van der Waals surface area contributed by atoms with Crippen LogP contribution in [0, 0.1) is 0 Å². The van der Waals surface area contributed by atoms with Crippen LogP contribution < -0.4 is 0 Å². The zero-order chi connectivity index (χ0) is 8.97. The average molecular weight is 185 g/mol. The van der Waals surface area contributed by atoms with Crippen LogP contribution in [-0.4, -0.2) is 29.7 Å². The Morgan fingerprint density at radius 1 is 1.67 bits per heavy atom. The maximum absolute atomic E-state index is 8.89. The van der Waals surface area contributed by atoms with Crippen LogP contribution in [0.2, 0.25) is 0 Å². The molecule has 3 heteroatoms. The zero-order valence-corrected chi connectivity index (χ0v) is 8.34. The second-order valence-corrected chi connectivity index (χ2v) is 3.86. The van der Waals surface area contributed by atoms with E-state index < -0.39 is 0 Å². The molecule has 0 aliphatic rings. The zero-order valence-electron chi connectivity index (χ0n) is 7.53. The summed E-state index contributed by atoms with van der Waals surface area (Å²) in [5.41, 5.74) is 1.32. The number of nitrogens with zero attached hydrogens (tertiary/aromatic N) is 1. The third-order valence-electron chi connectivity index (χ3n) is 2.03. The van der Waals surface area contributed by atoms with Gasteiger partial charge >= 0.3 is 0 Å². The summed E-state index contributed by atoms with van der Waals surface area (Å²) in [5.74, 6) is 0. The second-order valence-electron chi connectivity index (χ2n) is 3.08. The van der Waals surface area contributed by atoms with Crippen LogP contribution >= 0.6 is 11.3 Å². The van der Waals surface area contributed by atoms with E-state index in [2.05, 4.69) is 21.7 Å². The monoisotopic (exact) mass is 185 g/mol. The van der Waals surface area contributed by atoms with E-state index in [-0.39, 0.29) is 12.6 Å². The Morgan fingerprint density at radius 2 is 2.42 bits per heavy atom. The van der Waals surface area contributed by atoms with Gasteiger partial charge in [-0.2, -0.15) is 11.3 Å². The quantitative estimate of drug-likeness (QED) is 0.769. The molecule has 0 bridgehead atoms. The molecule has 0 saturated carbocycles. The van der Waals surface area contributed by atoms with E-state index in [0.717, 1.165) is 6.54 Å². The van der Waals surface area contributed by atoms with Gasteiger partial charge in [0.2, 0.25) is 0 Å². The van der Waals surface area contributed by atoms with E-state index in [1.165, 1.54) is 5.56 Å². The highest BCUT2D eigenvalue weighted by Crippen LogP contribution is 2.09. The predicted molar refractivity (Wildman–Crippen MR) is 52.3 cm³/mol. The van der Waals surface area contributed by atoms with Crippen molar-refractivity contribution in [1.82, 2.24) is 4.90 Å². The first-order valence-corrected chi connectivity index (χ1v) is 5.00. The van der Waals surface area contributed by atoms with Crippen LogP contribution in [0.1, 0.15) is 12.5 Å². The van der Waals surface area contributed by atoms with Crippen LogP contribution in [-0.2, 0) is 6.54 Å². The van der Waals surface area contributed by atoms with Crippen molar-refractivity contribution in [3.05, 3.63) is 22.4 Å². The maximum atomic E-state index is 8.89. The fourth-order valence-electron chi connectivity index (χ4n) is 0.966. The lowest BCUT2D eigenvalue weighted by Gasteiger charge is -2.21. The van der Waals surface area contributed by atoms with E-state index >= 15 is 0 Å². The molecule has 0 radical (unpaired) electrons. The Hall–Kier alpha value is -0.380. The van der Waals surface area contributed by atoms with Crippen molar-refractivity contribution in [2.24, 2.45) is 0 Å². The third kappa shape index (κ3) is 2.59. The van der Waals surface area contributed by atoms with Gasteiger partial charge in [0.05, 0.1) is 6.61 Å². The molecule has 0 aromatic carbocycles. The van der Waals surface area contributed by atoms with Crippen molar-refractivity contribution in [1.29, 1.82) is 0 Å². The van der Waals surface area contributed by atoms with Crippen molar-refractivity contribution in [2.75, 3.05) is 13.7 Å². The lowest BCUT2D eigenvalue weighted by atomic mass is 10.2. The van der Waals surface area contributed by atoms with Gasteiger partial charge in [-0.3, -0.25) is 4.90 Å². The summed E-state index contributed by atoms with van der Waals surface area (Å²) in [6.07, 6.45) is 0. The molecule has 1 aromatic rings. The summed E-state index contributed by atoms with van der Waals surface area (Å²) >= 11 is 1.71. The van der Waals surface area contributed by atoms with E-state index in [0.29, 0.717) is 0 Å². The number of aliphatic hydroxyl groups excluding tert-OH is 1. The molecular formula is C9H15NOS. The first kappa shape index (κ1) is 9.71. The van der Waals surface area contributed by atoms with Crippen LogP contribution in [0.4, 0.5) is 0 Å². The molecule has 1 atom stereocenters. The third-order valence-corrected chi connectivity index (χ3v) is 2.76. The van der Waals surface area contributed by atoms with Crippen molar-refractivity contribution in [3.8, 4) is 0 Å². The Labute approximate surface area is 77.5 Å². The smallest absolute Gasteiger partial charge is 0.0584 e. The van der Waals surface area contributed by atoms with Gasteiger partial charge in [0.25, 0.3) is 0 Å². The van der Waals surface area contributed by atoms with Crippen molar-refractivity contribution in [2.45, 2.75) is 19.5 Å². The highest BCUT2D eigenvalue weighted by molar-refractivity contribution is 7.07. The maximum Gasteiger partial charge on any atom is 0.0584 e. The van der Waals surface area contributed by atoms with E-state index in [9.17, 15) is 0 Å². The molecule has 0 spiro atoms. The summed E-state index contributed by atoms with van der Waals surface area (Å²) in [6.45, 7) is 3.16. The number of rotatable bonds is 4. The molecule has 12 heavy (non-hydrogen) atoms. The summed E-state index contributed by atoms with van der Waals surface area (Å²) in [5, 5.41) is 13.1. The topological polar surface area (TPSA) is 23.5 Å². The largest absolute Gasteiger partial charge is 0.395 e. The first-order valence-electron chi connectivity index (χ1n) is 4.06. The molecule has 1 N–H and O–H groups in total. The van der Waals surface area contributed by atoms with Gasteiger partial charge in [0, 0.05) is 12.6 Å². The molecule has 1 heterocycles. The standard InChI is InChI=1S/C9H15NOS/c1-8(6-11)10(2)5-9-3-4-12-7-9/h3-4,7-8,11H,5-6H2,1-2H3. The van der Waals surface area contributed by atoms with Crippen LogP contribution in [0.3, 0.4) is 0 Å². The minimum Gasteiger partial charge on any atom is -0.395 e. The molecule has 1 aromatic heterocycles. The summed E-state index contributed by atoms with van der Waals surface area (Å²) < 4.78 is 0. The summed E-state index contributed by atoms with van der Waals surface area (Å²) in [7, 11) is 2.03. The van der Waals surface area contributed by atoms with Crippen molar-refractivity contribution in [3.63, 3.8) is 0 Å². The van der Waals surface area contributed by atoms with E-state index in [4.69, 9.17) is 5.11 Å². The van der Waals surface area contributed by atoms with Gasteiger partial charge in [-0.25, -0.2) is 0 Å². The number of aliphatic hydroxyl groups is 1. The number of likely N-dealkylation sites (N-methyl/N-ethyl adjacent to an activating group) is 1. The Morgan fingerprint density at radius 3 is 2.92 bits per heavy atom. The Balaban J connectivity index is 2.41.